The Morgan fingerprint density at radius 2 is 2.00 bits per heavy atom. The Labute approximate surface area is 111 Å². The molecule has 0 saturated heterocycles. The van der Waals surface area contributed by atoms with Crippen LogP contribution in [0.3, 0.4) is 0 Å². The minimum atomic E-state index is -3.30. The molecule has 1 fully saturated rings. The molecule has 0 spiro atoms. The van der Waals surface area contributed by atoms with Crippen LogP contribution in [0.4, 0.5) is 0 Å². The van der Waals surface area contributed by atoms with E-state index in [1.165, 1.54) is 0 Å². The average Bonchev–Trinajstić information content (AvgIpc) is 2.11. The average molecular weight is 277 g/mol. The van der Waals surface area contributed by atoms with E-state index in [2.05, 4.69) is 11.6 Å². The fraction of sp³-hybridized carbons (Fsp3) is 1.00. The third-order valence-corrected chi connectivity index (χ3v) is 5.14. The fourth-order valence-electron chi connectivity index (χ4n) is 2.66. The van der Waals surface area contributed by atoms with E-state index < -0.39 is 15.6 Å². The van der Waals surface area contributed by atoms with E-state index in [1.54, 1.807) is 0 Å². The number of aliphatic hydroxyl groups is 1. The Kier molecular flexibility index (Phi) is 4.84. The first-order valence-corrected chi connectivity index (χ1v) is 8.36. The molecule has 0 aromatic carbocycles. The predicted octanol–water partition coefficient (Wildman–Crippen LogP) is 1.89. The van der Waals surface area contributed by atoms with Gasteiger partial charge in [-0.3, -0.25) is 0 Å². The summed E-state index contributed by atoms with van der Waals surface area (Å²) >= 11 is 0. The number of sulfonamides is 1. The van der Waals surface area contributed by atoms with Crippen LogP contribution < -0.4 is 4.72 Å². The van der Waals surface area contributed by atoms with Gasteiger partial charge in [-0.15, -0.1) is 0 Å². The molecule has 1 aliphatic rings. The fourth-order valence-corrected chi connectivity index (χ4v) is 4.39. The Balaban J connectivity index is 2.54. The SMILES string of the molecule is CC1CCCC(O)(CNS(=O)(=O)CC(C)(C)C)C1. The maximum absolute atomic E-state index is 11.9. The lowest BCUT2D eigenvalue weighted by Gasteiger charge is -2.35. The highest BCUT2D eigenvalue weighted by Gasteiger charge is 2.34. The smallest absolute Gasteiger partial charge is 0.212 e. The first-order chi connectivity index (χ1) is 8.02. The number of rotatable bonds is 4. The molecule has 2 unspecified atom stereocenters. The second-order valence-electron chi connectivity index (χ2n) is 7.07. The van der Waals surface area contributed by atoms with Gasteiger partial charge in [-0.2, -0.15) is 0 Å². The zero-order valence-corrected chi connectivity index (χ0v) is 12.8. The maximum Gasteiger partial charge on any atom is 0.212 e. The van der Waals surface area contributed by atoms with Gasteiger partial charge in [-0.1, -0.05) is 40.5 Å². The van der Waals surface area contributed by atoms with E-state index in [1.807, 2.05) is 20.8 Å². The molecule has 0 aromatic heterocycles. The number of hydrogen-bond acceptors (Lipinski definition) is 3. The van der Waals surface area contributed by atoms with Gasteiger partial charge in [0.1, 0.15) is 0 Å². The van der Waals surface area contributed by atoms with Gasteiger partial charge in [0.2, 0.25) is 10.0 Å². The molecule has 18 heavy (non-hydrogen) atoms. The topological polar surface area (TPSA) is 66.4 Å². The van der Waals surface area contributed by atoms with Crippen molar-refractivity contribution in [2.45, 2.75) is 59.0 Å². The van der Waals surface area contributed by atoms with Crippen LogP contribution in [0, 0.1) is 11.3 Å². The van der Waals surface area contributed by atoms with Crippen molar-refractivity contribution < 1.29 is 13.5 Å². The second kappa shape index (κ2) is 5.47. The van der Waals surface area contributed by atoms with Crippen LogP contribution in [0.5, 0.6) is 0 Å². The maximum atomic E-state index is 11.9. The zero-order valence-electron chi connectivity index (χ0n) is 12.0. The Bertz CT molecular complexity index is 372. The molecular weight excluding hydrogens is 250 g/mol. The number of nitrogens with one attached hydrogen (secondary N) is 1. The highest BCUT2D eigenvalue weighted by atomic mass is 32.2. The summed E-state index contributed by atoms with van der Waals surface area (Å²) in [4.78, 5) is 0. The molecule has 0 amide bonds. The Morgan fingerprint density at radius 3 is 2.50 bits per heavy atom. The highest BCUT2D eigenvalue weighted by molar-refractivity contribution is 7.89. The van der Waals surface area contributed by atoms with Crippen molar-refractivity contribution in [1.82, 2.24) is 4.72 Å². The van der Waals surface area contributed by atoms with Crippen LogP contribution in [0.1, 0.15) is 53.4 Å². The lowest BCUT2D eigenvalue weighted by atomic mass is 9.79. The quantitative estimate of drug-likeness (QED) is 0.824. The van der Waals surface area contributed by atoms with Gasteiger partial charge in [0, 0.05) is 6.54 Å². The summed E-state index contributed by atoms with van der Waals surface area (Å²) in [6.07, 6.45) is 3.47. The van der Waals surface area contributed by atoms with Crippen LogP contribution >= 0.6 is 0 Å². The predicted molar refractivity (Wildman–Crippen MR) is 73.8 cm³/mol. The molecule has 4 nitrogen and oxygen atoms in total. The highest BCUT2D eigenvalue weighted by Crippen LogP contribution is 2.31. The lowest BCUT2D eigenvalue weighted by Crippen LogP contribution is -2.47. The summed E-state index contributed by atoms with van der Waals surface area (Å²) in [6.45, 7) is 7.93. The van der Waals surface area contributed by atoms with Gasteiger partial charge in [0.05, 0.1) is 11.4 Å². The first-order valence-electron chi connectivity index (χ1n) is 6.71. The van der Waals surface area contributed by atoms with Crippen LogP contribution in [-0.2, 0) is 10.0 Å². The van der Waals surface area contributed by atoms with Crippen LogP contribution in [0.15, 0.2) is 0 Å². The summed E-state index contributed by atoms with van der Waals surface area (Å²) in [5, 5.41) is 10.4. The van der Waals surface area contributed by atoms with Crippen molar-refractivity contribution in [2.75, 3.05) is 12.3 Å². The van der Waals surface area contributed by atoms with Gasteiger partial charge in [-0.25, -0.2) is 13.1 Å². The Morgan fingerprint density at radius 1 is 1.39 bits per heavy atom. The molecule has 0 bridgehead atoms. The van der Waals surface area contributed by atoms with E-state index in [-0.39, 0.29) is 17.7 Å². The summed E-state index contributed by atoms with van der Waals surface area (Å²) in [5.74, 6) is 0.557. The normalized spacial score (nSPS) is 30.4. The van der Waals surface area contributed by atoms with Crippen molar-refractivity contribution >= 4 is 10.0 Å². The van der Waals surface area contributed by atoms with Gasteiger partial charge < -0.3 is 5.11 Å². The molecule has 2 atom stereocenters. The van der Waals surface area contributed by atoms with Gasteiger partial charge in [0.15, 0.2) is 0 Å². The van der Waals surface area contributed by atoms with E-state index in [9.17, 15) is 13.5 Å². The molecule has 2 N–H and O–H groups in total. The van der Waals surface area contributed by atoms with E-state index in [0.29, 0.717) is 18.8 Å². The van der Waals surface area contributed by atoms with Crippen LogP contribution in [-0.4, -0.2) is 31.4 Å². The van der Waals surface area contributed by atoms with Crippen molar-refractivity contribution in [1.29, 1.82) is 0 Å². The van der Waals surface area contributed by atoms with Crippen molar-refractivity contribution in [3.8, 4) is 0 Å². The van der Waals surface area contributed by atoms with Gasteiger partial charge in [0.25, 0.3) is 0 Å². The molecular formula is C13H27NO3S. The first kappa shape index (κ1) is 15.9. The minimum Gasteiger partial charge on any atom is -0.389 e. The molecule has 0 aliphatic heterocycles. The van der Waals surface area contributed by atoms with Crippen LogP contribution in [0.2, 0.25) is 0 Å². The lowest BCUT2D eigenvalue weighted by molar-refractivity contribution is -0.00755. The van der Waals surface area contributed by atoms with E-state index in [4.69, 9.17) is 0 Å². The van der Waals surface area contributed by atoms with Crippen LogP contribution in [0.25, 0.3) is 0 Å². The summed E-state index contributed by atoms with van der Waals surface area (Å²) < 4.78 is 26.3. The molecule has 1 rings (SSSR count). The molecule has 1 saturated carbocycles. The van der Waals surface area contributed by atoms with Gasteiger partial charge in [-0.05, 0) is 24.2 Å². The van der Waals surface area contributed by atoms with Crippen molar-refractivity contribution in [3.05, 3.63) is 0 Å². The molecule has 1 aliphatic carbocycles. The third-order valence-electron chi connectivity index (χ3n) is 3.31. The molecule has 5 heteroatoms. The molecule has 0 aromatic rings. The minimum absolute atomic E-state index is 0.0889. The van der Waals surface area contributed by atoms with Crippen molar-refractivity contribution in [3.63, 3.8) is 0 Å². The van der Waals surface area contributed by atoms with Crippen molar-refractivity contribution in [2.24, 2.45) is 11.3 Å². The summed E-state index contributed by atoms with van der Waals surface area (Å²) in [5.41, 5.74) is -1.13. The second-order valence-corrected chi connectivity index (χ2v) is 8.87. The molecule has 0 heterocycles. The largest absolute Gasteiger partial charge is 0.389 e. The standard InChI is InChI=1S/C13H27NO3S/c1-11-6-5-7-13(15,8-11)9-14-18(16,17)10-12(2,3)4/h11,14-15H,5-10H2,1-4H3. The van der Waals surface area contributed by atoms with E-state index >= 15 is 0 Å². The zero-order chi connectivity index (χ0) is 14.0. The molecule has 0 radical (unpaired) electrons. The number of hydrogen-bond donors (Lipinski definition) is 2. The van der Waals surface area contributed by atoms with Gasteiger partial charge >= 0.3 is 0 Å². The summed E-state index contributed by atoms with van der Waals surface area (Å²) in [7, 11) is -3.30. The monoisotopic (exact) mass is 277 g/mol. The summed E-state index contributed by atoms with van der Waals surface area (Å²) in [6, 6.07) is 0. The van der Waals surface area contributed by atoms with E-state index in [0.717, 1.165) is 12.8 Å². The Hall–Kier alpha value is -0.130. The molecule has 108 valence electrons. The third kappa shape index (κ3) is 5.67.